The molecule has 0 aromatic heterocycles. The second-order valence-electron chi connectivity index (χ2n) is 1.97. The lowest BCUT2D eigenvalue weighted by Crippen LogP contribution is -2.13. The van der Waals surface area contributed by atoms with E-state index in [1.165, 1.54) is 0 Å². The lowest BCUT2D eigenvalue weighted by Gasteiger charge is -2.04. The Morgan fingerprint density at radius 3 is 2.75 bits per heavy atom. The Morgan fingerprint density at radius 1 is 1.62 bits per heavy atom. The molecule has 44 valence electrons. The number of hydrogen-bond acceptors (Lipinski definition) is 2. The van der Waals surface area contributed by atoms with E-state index in [-0.39, 0.29) is 5.78 Å². The summed E-state index contributed by atoms with van der Waals surface area (Å²) >= 11 is 0. The molecule has 0 radical (unpaired) electrons. The molecular weight excluding hydrogens is 102 g/mol. The second kappa shape index (κ2) is 1.99. The molecule has 2 heteroatoms. The van der Waals surface area contributed by atoms with E-state index in [9.17, 15) is 4.79 Å². The van der Waals surface area contributed by atoms with Crippen molar-refractivity contribution in [2.75, 3.05) is 0 Å². The molecule has 1 aliphatic carbocycles. The minimum atomic E-state index is 0.108. The molecular formula is C6H9NO. The fourth-order valence-electron chi connectivity index (χ4n) is 0.778. The molecule has 0 aromatic carbocycles. The van der Waals surface area contributed by atoms with Crippen LogP contribution >= 0.6 is 0 Å². The van der Waals surface area contributed by atoms with Crippen LogP contribution in [0.2, 0.25) is 0 Å². The highest BCUT2D eigenvalue weighted by atomic mass is 16.1. The normalized spacial score (nSPS) is 20.5. The summed E-state index contributed by atoms with van der Waals surface area (Å²) in [7, 11) is 0. The molecule has 1 rings (SSSR count). The summed E-state index contributed by atoms with van der Waals surface area (Å²) in [5.74, 6) is 0.108. The third kappa shape index (κ3) is 0.886. The van der Waals surface area contributed by atoms with Crippen LogP contribution in [0, 0.1) is 0 Å². The maximum atomic E-state index is 10.6. The van der Waals surface area contributed by atoms with E-state index in [1.807, 2.05) is 0 Å². The Balaban J connectivity index is 2.67. The third-order valence-electron chi connectivity index (χ3n) is 1.29. The average molecular weight is 111 g/mol. The van der Waals surface area contributed by atoms with Gasteiger partial charge in [-0.2, -0.15) is 0 Å². The van der Waals surface area contributed by atoms with Crippen LogP contribution in [0.3, 0.4) is 0 Å². The molecule has 0 bridgehead atoms. The molecule has 2 nitrogen and oxygen atoms in total. The molecule has 0 atom stereocenters. The molecule has 0 saturated carbocycles. The van der Waals surface area contributed by atoms with Crippen LogP contribution < -0.4 is 5.73 Å². The van der Waals surface area contributed by atoms with E-state index in [1.54, 1.807) is 6.08 Å². The second-order valence-corrected chi connectivity index (χ2v) is 1.97. The van der Waals surface area contributed by atoms with Crippen molar-refractivity contribution in [3.05, 3.63) is 11.8 Å². The highest BCUT2D eigenvalue weighted by Gasteiger charge is 2.07. The third-order valence-corrected chi connectivity index (χ3v) is 1.29. The van der Waals surface area contributed by atoms with Crippen LogP contribution in [0.1, 0.15) is 19.3 Å². The molecule has 0 saturated heterocycles. The highest BCUT2D eigenvalue weighted by Crippen LogP contribution is 2.08. The Bertz CT molecular complexity index is 137. The molecule has 0 unspecified atom stereocenters. The van der Waals surface area contributed by atoms with E-state index in [2.05, 4.69) is 0 Å². The molecule has 0 aliphatic heterocycles. The summed E-state index contributed by atoms with van der Waals surface area (Å²) in [6.45, 7) is 0. The number of hydrogen-bond donors (Lipinski definition) is 1. The molecule has 8 heavy (non-hydrogen) atoms. The van der Waals surface area contributed by atoms with E-state index < -0.39 is 0 Å². The van der Waals surface area contributed by atoms with Gasteiger partial charge in [-0.05, 0) is 12.8 Å². The number of Topliss-reactive ketones (excluding diaryl/α,β-unsaturated/α-hetero) is 1. The van der Waals surface area contributed by atoms with Gasteiger partial charge in [-0.15, -0.1) is 0 Å². The molecule has 0 fully saturated rings. The number of carbonyl (C=O) groups excluding carboxylic acids is 1. The van der Waals surface area contributed by atoms with Crippen LogP contribution in [0.4, 0.5) is 0 Å². The fraction of sp³-hybridized carbons (Fsp3) is 0.500. The predicted molar refractivity (Wildman–Crippen MR) is 31.1 cm³/mol. The summed E-state index contributed by atoms with van der Waals surface area (Å²) in [4.78, 5) is 10.6. The van der Waals surface area contributed by atoms with Crippen LogP contribution in [0.5, 0.6) is 0 Å². The van der Waals surface area contributed by atoms with Crippen LogP contribution in [0.25, 0.3) is 0 Å². The Morgan fingerprint density at radius 2 is 2.38 bits per heavy atom. The van der Waals surface area contributed by atoms with E-state index in [0.717, 1.165) is 12.8 Å². The van der Waals surface area contributed by atoms with Crippen LogP contribution in [0.15, 0.2) is 11.8 Å². The Hall–Kier alpha value is -0.790. The molecule has 0 aromatic rings. The van der Waals surface area contributed by atoms with Crippen molar-refractivity contribution in [2.45, 2.75) is 19.3 Å². The van der Waals surface area contributed by atoms with Crippen molar-refractivity contribution >= 4 is 5.78 Å². The van der Waals surface area contributed by atoms with E-state index >= 15 is 0 Å². The van der Waals surface area contributed by atoms with Gasteiger partial charge in [0.2, 0.25) is 0 Å². The average Bonchev–Trinajstić information content (AvgIpc) is 1.77. The minimum absolute atomic E-state index is 0.108. The number of carbonyl (C=O) groups is 1. The zero-order valence-corrected chi connectivity index (χ0v) is 4.68. The monoisotopic (exact) mass is 111 g/mol. The number of allylic oxidation sites excluding steroid dienone is 2. The van der Waals surface area contributed by atoms with E-state index in [4.69, 9.17) is 5.73 Å². The van der Waals surface area contributed by atoms with Crippen molar-refractivity contribution in [1.82, 2.24) is 0 Å². The fourth-order valence-corrected chi connectivity index (χ4v) is 0.778. The predicted octanol–water partition coefficient (Wildman–Crippen LogP) is 0.582. The number of rotatable bonds is 0. The summed E-state index contributed by atoms with van der Waals surface area (Å²) in [5.41, 5.74) is 5.74. The van der Waals surface area contributed by atoms with Crippen LogP contribution in [-0.2, 0) is 4.79 Å². The SMILES string of the molecule is NC1=CCCCC1=O. The first-order valence-electron chi connectivity index (χ1n) is 2.79. The highest BCUT2D eigenvalue weighted by molar-refractivity contribution is 5.94. The maximum absolute atomic E-state index is 10.6. The topological polar surface area (TPSA) is 43.1 Å². The standard InChI is InChI=1S/C6H9NO/c7-5-3-1-2-4-6(5)8/h3H,1-2,4,7H2. The molecule has 1 aliphatic rings. The van der Waals surface area contributed by atoms with Crippen molar-refractivity contribution < 1.29 is 4.79 Å². The van der Waals surface area contributed by atoms with E-state index in [0.29, 0.717) is 12.1 Å². The Kier molecular flexibility index (Phi) is 1.33. The Labute approximate surface area is 48.4 Å². The maximum Gasteiger partial charge on any atom is 0.178 e. The zero-order chi connectivity index (χ0) is 5.98. The molecule has 2 N–H and O–H groups in total. The lowest BCUT2D eigenvalue weighted by molar-refractivity contribution is -0.116. The summed E-state index contributed by atoms with van der Waals surface area (Å²) in [6.07, 6.45) is 4.38. The van der Waals surface area contributed by atoms with Gasteiger partial charge in [-0.1, -0.05) is 6.08 Å². The van der Waals surface area contributed by atoms with Gasteiger partial charge in [0.15, 0.2) is 5.78 Å². The number of ketones is 1. The minimum Gasteiger partial charge on any atom is -0.396 e. The van der Waals surface area contributed by atoms with Gasteiger partial charge in [-0.3, -0.25) is 4.79 Å². The van der Waals surface area contributed by atoms with Crippen molar-refractivity contribution in [3.63, 3.8) is 0 Å². The number of nitrogens with two attached hydrogens (primary N) is 1. The quantitative estimate of drug-likeness (QED) is 0.497. The largest absolute Gasteiger partial charge is 0.396 e. The first kappa shape index (κ1) is 5.35. The molecule has 0 amide bonds. The van der Waals surface area contributed by atoms with Crippen molar-refractivity contribution in [1.29, 1.82) is 0 Å². The van der Waals surface area contributed by atoms with Gasteiger partial charge in [0.1, 0.15) is 0 Å². The summed E-state index contributed by atoms with van der Waals surface area (Å²) in [5, 5.41) is 0. The summed E-state index contributed by atoms with van der Waals surface area (Å²) in [6, 6.07) is 0. The smallest absolute Gasteiger partial charge is 0.178 e. The van der Waals surface area contributed by atoms with Gasteiger partial charge in [0.05, 0.1) is 5.70 Å². The summed E-state index contributed by atoms with van der Waals surface area (Å²) < 4.78 is 0. The van der Waals surface area contributed by atoms with Crippen LogP contribution in [-0.4, -0.2) is 5.78 Å². The van der Waals surface area contributed by atoms with Gasteiger partial charge in [-0.25, -0.2) is 0 Å². The van der Waals surface area contributed by atoms with Gasteiger partial charge in [0, 0.05) is 6.42 Å². The van der Waals surface area contributed by atoms with Crippen molar-refractivity contribution in [2.24, 2.45) is 5.73 Å². The lowest BCUT2D eigenvalue weighted by atomic mass is 10.0. The van der Waals surface area contributed by atoms with Gasteiger partial charge < -0.3 is 5.73 Å². The first-order valence-corrected chi connectivity index (χ1v) is 2.79. The first-order chi connectivity index (χ1) is 3.80. The molecule has 0 heterocycles. The van der Waals surface area contributed by atoms with Gasteiger partial charge >= 0.3 is 0 Å². The van der Waals surface area contributed by atoms with Gasteiger partial charge in [0.25, 0.3) is 0 Å². The molecule has 0 spiro atoms. The van der Waals surface area contributed by atoms with Crippen molar-refractivity contribution in [3.8, 4) is 0 Å². The zero-order valence-electron chi connectivity index (χ0n) is 4.68.